The number of rotatable bonds is 4. The summed E-state index contributed by atoms with van der Waals surface area (Å²) in [5.74, 6) is -0.403. The van der Waals surface area contributed by atoms with E-state index in [9.17, 15) is 9.90 Å². The van der Waals surface area contributed by atoms with Gasteiger partial charge in [-0.2, -0.15) is 0 Å². The van der Waals surface area contributed by atoms with E-state index >= 15 is 0 Å². The number of carboxylic acid groups (broad SMARTS) is 1. The molecule has 0 saturated carbocycles. The first-order chi connectivity index (χ1) is 10.9. The Hall–Kier alpha value is -2.03. The van der Waals surface area contributed by atoms with E-state index in [0.717, 1.165) is 32.1 Å². The maximum atomic E-state index is 11.3. The van der Waals surface area contributed by atoms with Crippen LogP contribution in [0.1, 0.15) is 45.1 Å². The molecule has 0 spiro atoms. The zero-order valence-electron chi connectivity index (χ0n) is 14.0. The lowest BCUT2D eigenvalue weighted by Gasteiger charge is -2.36. The Labute approximate surface area is 138 Å². The molecule has 0 fully saturated rings. The fourth-order valence-corrected chi connectivity index (χ4v) is 3.13. The monoisotopic (exact) mass is 314 g/mol. The maximum absolute atomic E-state index is 11.3. The first-order valence-corrected chi connectivity index (χ1v) is 8.22. The molecule has 1 aromatic heterocycles. The van der Waals surface area contributed by atoms with Crippen molar-refractivity contribution in [1.29, 1.82) is 0 Å². The van der Waals surface area contributed by atoms with Crippen LogP contribution in [0.2, 0.25) is 0 Å². The molecule has 1 aromatic rings. The summed E-state index contributed by atoms with van der Waals surface area (Å²) < 4.78 is 5.15. The molecule has 1 N–H and O–H groups in total. The summed E-state index contributed by atoms with van der Waals surface area (Å²) >= 11 is 0. The molecule has 0 unspecified atom stereocenters. The van der Waals surface area contributed by atoms with E-state index < -0.39 is 5.97 Å². The normalized spacial score (nSPS) is 25.9. The summed E-state index contributed by atoms with van der Waals surface area (Å²) in [6, 6.07) is 2.02. The number of carboxylic acids is 1. The van der Waals surface area contributed by atoms with Crippen molar-refractivity contribution >= 4 is 5.97 Å². The predicted octanol–water partition coefficient (Wildman–Crippen LogP) is 5.16. The second-order valence-electron chi connectivity index (χ2n) is 6.85. The number of hydrogen-bond acceptors (Lipinski definition) is 2. The highest BCUT2D eigenvalue weighted by Crippen LogP contribution is 2.40. The third-order valence-electron chi connectivity index (χ3n) is 5.23. The molecule has 0 radical (unpaired) electrons. The van der Waals surface area contributed by atoms with Crippen molar-refractivity contribution in [2.75, 3.05) is 0 Å². The molecule has 1 aliphatic rings. The average molecular weight is 314 g/mol. The van der Waals surface area contributed by atoms with Crippen molar-refractivity contribution in [1.82, 2.24) is 0 Å². The Bertz CT molecular complexity index is 607. The molecule has 2 rings (SSSR count). The van der Waals surface area contributed by atoms with E-state index in [0.29, 0.717) is 17.1 Å². The van der Waals surface area contributed by atoms with Gasteiger partial charge in [0, 0.05) is 0 Å². The van der Waals surface area contributed by atoms with E-state index in [1.165, 1.54) is 5.56 Å². The minimum Gasteiger partial charge on any atom is -0.478 e. The molecule has 0 bridgehead atoms. The van der Waals surface area contributed by atoms with Crippen molar-refractivity contribution in [3.05, 3.63) is 60.1 Å². The minimum atomic E-state index is -0.893. The highest BCUT2D eigenvalue weighted by Gasteiger charge is 2.30. The van der Waals surface area contributed by atoms with Crippen LogP contribution in [0.5, 0.6) is 0 Å². The van der Waals surface area contributed by atoms with Crippen LogP contribution in [0.25, 0.3) is 0 Å². The summed E-state index contributed by atoms with van der Waals surface area (Å²) in [5, 5.41) is 9.27. The summed E-state index contributed by atoms with van der Waals surface area (Å²) in [7, 11) is 0. The number of carbonyl (C=O) groups is 1. The maximum Gasteiger partial charge on any atom is 0.335 e. The van der Waals surface area contributed by atoms with Crippen molar-refractivity contribution in [3.63, 3.8) is 0 Å². The molecule has 124 valence electrons. The van der Waals surface area contributed by atoms with Crippen LogP contribution >= 0.6 is 0 Å². The summed E-state index contributed by atoms with van der Waals surface area (Å²) in [6.07, 6.45) is 13.9. The van der Waals surface area contributed by atoms with E-state index in [-0.39, 0.29) is 5.41 Å². The van der Waals surface area contributed by atoms with Gasteiger partial charge in [-0.05, 0) is 66.7 Å². The first-order valence-electron chi connectivity index (χ1n) is 8.22. The van der Waals surface area contributed by atoms with Gasteiger partial charge in [0.15, 0.2) is 0 Å². The van der Waals surface area contributed by atoms with E-state index in [4.69, 9.17) is 4.42 Å². The predicted molar refractivity (Wildman–Crippen MR) is 92.1 cm³/mol. The smallest absolute Gasteiger partial charge is 0.335 e. The van der Waals surface area contributed by atoms with Crippen molar-refractivity contribution < 1.29 is 14.3 Å². The zero-order valence-corrected chi connectivity index (χ0v) is 14.0. The van der Waals surface area contributed by atoms with Gasteiger partial charge < -0.3 is 9.52 Å². The molecule has 2 atom stereocenters. The van der Waals surface area contributed by atoms with Gasteiger partial charge >= 0.3 is 5.97 Å². The van der Waals surface area contributed by atoms with Gasteiger partial charge in [-0.25, -0.2) is 4.79 Å². The largest absolute Gasteiger partial charge is 0.478 e. The fraction of sp³-hybridized carbons (Fsp3) is 0.450. The van der Waals surface area contributed by atoms with Gasteiger partial charge in [-0.1, -0.05) is 32.6 Å². The van der Waals surface area contributed by atoms with Crippen LogP contribution in [0, 0.1) is 11.3 Å². The quantitative estimate of drug-likeness (QED) is 0.835. The Balaban J connectivity index is 2.14. The van der Waals surface area contributed by atoms with Gasteiger partial charge in [0.2, 0.25) is 0 Å². The number of aryl methyl sites for hydroxylation is 1. The van der Waals surface area contributed by atoms with E-state index in [2.05, 4.69) is 26.5 Å². The number of aliphatic carboxylic acids is 1. The minimum absolute atomic E-state index is 0.183. The Kier molecular flexibility index (Phi) is 5.64. The number of hydrogen-bond donors (Lipinski definition) is 1. The topological polar surface area (TPSA) is 50.4 Å². The van der Waals surface area contributed by atoms with E-state index in [1.54, 1.807) is 12.3 Å². The molecule has 1 aliphatic carbocycles. The van der Waals surface area contributed by atoms with Crippen LogP contribution in [-0.2, 0) is 11.2 Å². The van der Waals surface area contributed by atoms with Crippen molar-refractivity contribution in [3.8, 4) is 0 Å². The Morgan fingerprint density at radius 3 is 2.96 bits per heavy atom. The second kappa shape index (κ2) is 7.49. The van der Waals surface area contributed by atoms with Crippen LogP contribution in [0.15, 0.2) is 59.0 Å². The highest BCUT2D eigenvalue weighted by atomic mass is 16.4. The molecular formula is C20H26O3. The first kappa shape index (κ1) is 17.3. The third-order valence-corrected chi connectivity index (χ3v) is 5.23. The van der Waals surface area contributed by atoms with Crippen LogP contribution in [0.3, 0.4) is 0 Å². The van der Waals surface area contributed by atoms with Gasteiger partial charge in [-0.3, -0.25) is 0 Å². The molecule has 23 heavy (non-hydrogen) atoms. The molecule has 1 heterocycles. The molecule has 3 nitrogen and oxygen atoms in total. The van der Waals surface area contributed by atoms with Crippen LogP contribution in [0.4, 0.5) is 0 Å². The molecule has 0 aromatic carbocycles. The lowest BCUT2D eigenvalue weighted by atomic mass is 9.69. The number of furan rings is 1. The summed E-state index contributed by atoms with van der Waals surface area (Å²) in [5.41, 5.74) is 2.46. The van der Waals surface area contributed by atoms with Gasteiger partial charge in [0.05, 0.1) is 18.1 Å². The molecule has 0 amide bonds. The standard InChI is InChI=1S/C20H26O3/c1-15-7-8-16(2)20(3,12-9-17-10-13-23-14-17)11-5-4-6-18(15)19(21)22/h4-6,10,13-14,16H,1,7-9,11-12H2,2-3H3,(H,21,22)/t16-,20+/m0/s1. The second-order valence-corrected chi connectivity index (χ2v) is 6.85. The van der Waals surface area contributed by atoms with Crippen molar-refractivity contribution in [2.45, 2.75) is 46.0 Å². The van der Waals surface area contributed by atoms with Crippen LogP contribution in [-0.4, -0.2) is 11.1 Å². The third kappa shape index (κ3) is 4.47. The Morgan fingerprint density at radius 2 is 2.30 bits per heavy atom. The molecule has 0 saturated heterocycles. The lowest BCUT2D eigenvalue weighted by molar-refractivity contribution is -0.132. The molecule has 3 heteroatoms. The fourth-order valence-electron chi connectivity index (χ4n) is 3.13. The van der Waals surface area contributed by atoms with Gasteiger partial charge in [-0.15, -0.1) is 0 Å². The highest BCUT2D eigenvalue weighted by molar-refractivity contribution is 5.91. The number of allylic oxidation sites excluding steroid dienone is 3. The zero-order chi connectivity index (χ0) is 16.9. The lowest BCUT2D eigenvalue weighted by Crippen LogP contribution is -2.26. The Morgan fingerprint density at radius 1 is 1.52 bits per heavy atom. The van der Waals surface area contributed by atoms with Gasteiger partial charge in [0.1, 0.15) is 0 Å². The summed E-state index contributed by atoms with van der Waals surface area (Å²) in [4.78, 5) is 11.3. The average Bonchev–Trinajstić information content (AvgIpc) is 3.02. The molecular weight excluding hydrogens is 288 g/mol. The van der Waals surface area contributed by atoms with Gasteiger partial charge in [0.25, 0.3) is 0 Å². The molecule has 0 aliphatic heterocycles. The van der Waals surface area contributed by atoms with E-state index in [1.807, 2.05) is 18.4 Å². The summed E-state index contributed by atoms with van der Waals surface area (Å²) in [6.45, 7) is 8.56. The van der Waals surface area contributed by atoms with Crippen molar-refractivity contribution in [2.24, 2.45) is 11.3 Å². The SMILES string of the molecule is C=C1CC[C@H](C)[C@@](C)(CCc2ccoc2)CC=CC=C1C(=O)O. The van der Waals surface area contributed by atoms with Crippen LogP contribution < -0.4 is 0 Å².